The summed E-state index contributed by atoms with van der Waals surface area (Å²) in [7, 11) is 0. The van der Waals surface area contributed by atoms with Crippen molar-refractivity contribution in [2.24, 2.45) is 0 Å². The zero-order chi connectivity index (χ0) is 17.3. The van der Waals surface area contributed by atoms with Gasteiger partial charge in [0.25, 0.3) is 5.91 Å². The van der Waals surface area contributed by atoms with Crippen molar-refractivity contribution in [2.45, 2.75) is 34.4 Å². The summed E-state index contributed by atoms with van der Waals surface area (Å²) in [6.45, 7) is 8.45. The van der Waals surface area contributed by atoms with E-state index >= 15 is 0 Å². The van der Waals surface area contributed by atoms with Crippen LogP contribution in [0.5, 0.6) is 0 Å². The number of hydrogen-bond donors (Lipinski definition) is 1. The minimum atomic E-state index is -0.212. The van der Waals surface area contributed by atoms with Crippen LogP contribution in [0.2, 0.25) is 0 Å². The summed E-state index contributed by atoms with van der Waals surface area (Å²) >= 11 is 0. The average Bonchev–Trinajstić information content (AvgIpc) is 3.11. The van der Waals surface area contributed by atoms with Crippen LogP contribution in [0.15, 0.2) is 36.5 Å². The van der Waals surface area contributed by atoms with Crippen LogP contribution in [0.25, 0.3) is 0 Å². The minimum Gasteiger partial charge on any atom is -0.320 e. The molecule has 0 radical (unpaired) electrons. The first-order chi connectivity index (χ1) is 11.4. The number of carbonyl (C=O) groups is 1. The molecule has 3 rings (SSSR count). The predicted octanol–water partition coefficient (Wildman–Crippen LogP) is 3.07. The van der Waals surface area contributed by atoms with Crippen molar-refractivity contribution < 1.29 is 4.79 Å². The van der Waals surface area contributed by atoms with Crippen molar-refractivity contribution in [3.8, 4) is 0 Å². The van der Waals surface area contributed by atoms with Gasteiger partial charge in [-0.25, -0.2) is 4.68 Å². The van der Waals surface area contributed by atoms with Crippen LogP contribution in [0.1, 0.15) is 33.0 Å². The predicted molar refractivity (Wildman–Crippen MR) is 93.2 cm³/mol. The molecule has 0 aliphatic rings. The first-order valence-electron chi connectivity index (χ1n) is 7.86. The zero-order valence-corrected chi connectivity index (χ0v) is 14.4. The Morgan fingerprint density at radius 1 is 1.12 bits per heavy atom. The molecule has 0 aliphatic heterocycles. The second kappa shape index (κ2) is 6.31. The highest BCUT2D eigenvalue weighted by Gasteiger charge is 2.12. The summed E-state index contributed by atoms with van der Waals surface area (Å²) in [5.41, 5.74) is 5.43. The Balaban J connectivity index is 1.74. The molecule has 124 valence electrons. The lowest BCUT2D eigenvalue weighted by atomic mass is 10.1. The van der Waals surface area contributed by atoms with Gasteiger partial charge in [0.15, 0.2) is 5.69 Å². The fraction of sp³-hybridized carbons (Fsp3) is 0.278. The molecule has 0 saturated carbocycles. The van der Waals surface area contributed by atoms with Gasteiger partial charge in [-0.3, -0.25) is 9.48 Å². The lowest BCUT2D eigenvalue weighted by Crippen LogP contribution is -2.16. The van der Waals surface area contributed by atoms with Crippen LogP contribution in [0.4, 0.5) is 5.69 Å². The van der Waals surface area contributed by atoms with Gasteiger partial charge in [-0.1, -0.05) is 12.1 Å². The van der Waals surface area contributed by atoms with Gasteiger partial charge in [0, 0.05) is 17.6 Å². The maximum atomic E-state index is 12.4. The van der Waals surface area contributed by atoms with Crippen LogP contribution < -0.4 is 5.32 Å². The number of anilines is 1. The van der Waals surface area contributed by atoms with Crippen molar-refractivity contribution in [1.82, 2.24) is 19.6 Å². The molecule has 0 unspecified atom stereocenters. The Kier molecular flexibility index (Phi) is 4.20. The van der Waals surface area contributed by atoms with Gasteiger partial charge in [0.2, 0.25) is 0 Å². The van der Waals surface area contributed by atoms with Crippen LogP contribution in [-0.4, -0.2) is 25.5 Å². The molecule has 1 aromatic carbocycles. The largest absolute Gasteiger partial charge is 0.320 e. The summed E-state index contributed by atoms with van der Waals surface area (Å²) < 4.78 is 3.56. The number of rotatable bonds is 4. The SMILES string of the molecule is Cc1cc(C)n(Cn2ccc(C(=O)Nc3cccc(C)c3C)n2)n1. The third-order valence-electron chi connectivity index (χ3n) is 4.11. The second-order valence-corrected chi connectivity index (χ2v) is 6.01. The fourth-order valence-corrected chi connectivity index (χ4v) is 2.59. The standard InChI is InChI=1S/C18H21N5O/c1-12-6-5-7-16(15(12)4)19-18(24)17-8-9-22(21-17)11-23-14(3)10-13(2)20-23/h5-10H,11H2,1-4H3,(H,19,24). The molecular formula is C18H21N5O. The zero-order valence-electron chi connectivity index (χ0n) is 14.4. The third kappa shape index (κ3) is 3.22. The maximum absolute atomic E-state index is 12.4. The Morgan fingerprint density at radius 3 is 2.62 bits per heavy atom. The molecule has 1 amide bonds. The average molecular weight is 323 g/mol. The smallest absolute Gasteiger partial charge is 0.276 e. The van der Waals surface area contributed by atoms with Crippen molar-refractivity contribution in [2.75, 3.05) is 5.32 Å². The maximum Gasteiger partial charge on any atom is 0.276 e. The van der Waals surface area contributed by atoms with Gasteiger partial charge in [0.05, 0.1) is 5.69 Å². The fourth-order valence-electron chi connectivity index (χ4n) is 2.59. The van der Waals surface area contributed by atoms with E-state index in [0.29, 0.717) is 12.4 Å². The first kappa shape index (κ1) is 16.0. The van der Waals surface area contributed by atoms with Crippen molar-refractivity contribution in [1.29, 1.82) is 0 Å². The molecule has 2 heterocycles. The molecule has 2 aromatic heterocycles. The monoisotopic (exact) mass is 323 g/mol. The highest BCUT2D eigenvalue weighted by atomic mass is 16.2. The topological polar surface area (TPSA) is 64.7 Å². The molecule has 24 heavy (non-hydrogen) atoms. The molecule has 0 spiro atoms. The van der Waals surface area contributed by atoms with Crippen molar-refractivity contribution in [3.63, 3.8) is 0 Å². The lowest BCUT2D eigenvalue weighted by Gasteiger charge is -2.09. The highest BCUT2D eigenvalue weighted by Crippen LogP contribution is 2.18. The number of nitrogens with zero attached hydrogens (tertiary/aromatic N) is 4. The van der Waals surface area contributed by atoms with E-state index in [-0.39, 0.29) is 5.91 Å². The summed E-state index contributed by atoms with van der Waals surface area (Å²) in [5.74, 6) is -0.212. The van der Waals surface area contributed by atoms with E-state index < -0.39 is 0 Å². The van der Waals surface area contributed by atoms with Gasteiger partial charge in [0.1, 0.15) is 6.67 Å². The normalized spacial score (nSPS) is 10.8. The lowest BCUT2D eigenvalue weighted by molar-refractivity contribution is 0.102. The van der Waals surface area contributed by atoms with E-state index in [1.807, 2.05) is 56.6 Å². The van der Waals surface area contributed by atoms with Gasteiger partial charge in [-0.15, -0.1) is 0 Å². The molecule has 0 aliphatic carbocycles. The van der Waals surface area contributed by atoms with Gasteiger partial charge < -0.3 is 5.32 Å². The number of aromatic nitrogens is 4. The second-order valence-electron chi connectivity index (χ2n) is 6.01. The Morgan fingerprint density at radius 2 is 1.92 bits per heavy atom. The molecule has 3 aromatic rings. The number of amides is 1. The molecule has 0 bridgehead atoms. The number of nitrogens with one attached hydrogen (secondary N) is 1. The summed E-state index contributed by atoms with van der Waals surface area (Å²) in [6.07, 6.45) is 1.79. The van der Waals surface area contributed by atoms with Crippen LogP contribution >= 0.6 is 0 Å². The highest BCUT2D eigenvalue weighted by molar-refractivity contribution is 6.03. The van der Waals surface area contributed by atoms with Gasteiger partial charge in [-0.2, -0.15) is 10.2 Å². The van der Waals surface area contributed by atoms with Gasteiger partial charge >= 0.3 is 0 Å². The van der Waals surface area contributed by atoms with Crippen molar-refractivity contribution >= 4 is 11.6 Å². The summed E-state index contributed by atoms with van der Waals surface area (Å²) in [4.78, 5) is 12.4. The Bertz CT molecular complexity index is 891. The molecule has 6 heteroatoms. The number of hydrogen-bond acceptors (Lipinski definition) is 3. The van der Waals surface area contributed by atoms with Crippen LogP contribution in [0.3, 0.4) is 0 Å². The van der Waals surface area contributed by atoms with Gasteiger partial charge in [-0.05, 0) is 57.0 Å². The van der Waals surface area contributed by atoms with Crippen molar-refractivity contribution in [3.05, 3.63) is 64.7 Å². The van der Waals surface area contributed by atoms with E-state index in [4.69, 9.17) is 0 Å². The summed E-state index contributed by atoms with van der Waals surface area (Å²) in [6, 6.07) is 9.57. The Labute approximate surface area is 141 Å². The molecule has 0 atom stereocenters. The number of carbonyl (C=O) groups excluding carboxylic acids is 1. The summed E-state index contributed by atoms with van der Waals surface area (Å²) in [5, 5.41) is 11.7. The van der Waals surface area contributed by atoms with Crippen LogP contribution in [-0.2, 0) is 6.67 Å². The molecular weight excluding hydrogens is 302 g/mol. The molecule has 0 saturated heterocycles. The van der Waals surface area contributed by atoms with E-state index in [1.165, 1.54) is 0 Å². The van der Waals surface area contributed by atoms with E-state index in [1.54, 1.807) is 16.9 Å². The van der Waals surface area contributed by atoms with E-state index in [2.05, 4.69) is 15.5 Å². The molecule has 6 nitrogen and oxygen atoms in total. The number of benzene rings is 1. The minimum absolute atomic E-state index is 0.212. The first-order valence-corrected chi connectivity index (χ1v) is 7.86. The quantitative estimate of drug-likeness (QED) is 0.802. The molecule has 0 fully saturated rings. The molecule has 1 N–H and O–H groups in total. The van der Waals surface area contributed by atoms with E-state index in [9.17, 15) is 4.79 Å². The number of aryl methyl sites for hydroxylation is 3. The van der Waals surface area contributed by atoms with E-state index in [0.717, 1.165) is 28.2 Å². The Hall–Kier alpha value is -2.89. The van der Waals surface area contributed by atoms with Crippen LogP contribution in [0, 0.1) is 27.7 Å². The third-order valence-corrected chi connectivity index (χ3v) is 4.11.